The van der Waals surface area contributed by atoms with Crippen LogP contribution in [-0.4, -0.2) is 15.8 Å². The molecule has 0 amide bonds. The normalized spacial score (nSPS) is 15.5. The molecule has 1 aliphatic rings. The molecule has 15 heavy (non-hydrogen) atoms. The second-order valence-electron chi connectivity index (χ2n) is 4.04. The van der Waals surface area contributed by atoms with Crippen LogP contribution in [0.15, 0.2) is 16.9 Å². The molecule has 1 aromatic heterocycles. The van der Waals surface area contributed by atoms with Crippen LogP contribution in [0.25, 0.3) is 0 Å². The van der Waals surface area contributed by atoms with Gasteiger partial charge in [-0.25, -0.2) is 4.68 Å². The molecule has 1 aromatic rings. The average Bonchev–Trinajstić information content (AvgIpc) is 3.03. The quantitative estimate of drug-likeness (QED) is 0.780. The summed E-state index contributed by atoms with van der Waals surface area (Å²) >= 11 is 0. The summed E-state index contributed by atoms with van der Waals surface area (Å²) in [5.41, 5.74) is 0.946. The summed E-state index contributed by atoms with van der Waals surface area (Å²) < 4.78 is 1.55. The monoisotopic (exact) mass is 207 g/mol. The van der Waals surface area contributed by atoms with E-state index in [-0.39, 0.29) is 5.56 Å². The topological polar surface area (TPSA) is 46.9 Å². The molecule has 0 aliphatic heterocycles. The van der Waals surface area contributed by atoms with Gasteiger partial charge in [0.05, 0.1) is 5.69 Å². The smallest absolute Gasteiger partial charge is 0.266 e. The van der Waals surface area contributed by atoms with Crippen molar-refractivity contribution >= 4 is 0 Å². The molecule has 0 unspecified atom stereocenters. The predicted octanol–water partition coefficient (Wildman–Crippen LogP) is 0.905. The largest absolute Gasteiger partial charge is 0.308 e. The van der Waals surface area contributed by atoms with Gasteiger partial charge in [0.2, 0.25) is 0 Å². The van der Waals surface area contributed by atoms with Crippen LogP contribution < -0.4 is 10.9 Å². The third-order valence-corrected chi connectivity index (χ3v) is 2.51. The third-order valence-electron chi connectivity index (χ3n) is 2.51. The molecule has 4 heteroatoms. The maximum absolute atomic E-state index is 11.4. The summed E-state index contributed by atoms with van der Waals surface area (Å²) in [4.78, 5) is 11.4. The zero-order valence-electron chi connectivity index (χ0n) is 9.07. The molecular weight excluding hydrogens is 190 g/mol. The van der Waals surface area contributed by atoms with E-state index in [2.05, 4.69) is 10.4 Å². The first kappa shape index (κ1) is 10.4. The van der Waals surface area contributed by atoms with Gasteiger partial charge in [-0.1, -0.05) is 6.92 Å². The van der Waals surface area contributed by atoms with Crippen LogP contribution in [0.3, 0.4) is 0 Å². The van der Waals surface area contributed by atoms with E-state index in [0.29, 0.717) is 12.6 Å². The van der Waals surface area contributed by atoms with Crippen molar-refractivity contribution in [1.29, 1.82) is 0 Å². The lowest BCUT2D eigenvalue weighted by Crippen LogP contribution is -2.25. The van der Waals surface area contributed by atoms with Crippen molar-refractivity contribution in [2.75, 3.05) is 0 Å². The number of aryl methyl sites for hydroxylation is 1. The zero-order valence-corrected chi connectivity index (χ0v) is 9.07. The molecule has 0 spiro atoms. The summed E-state index contributed by atoms with van der Waals surface area (Å²) in [6.07, 6.45) is 3.48. The Labute approximate surface area is 89.3 Å². The van der Waals surface area contributed by atoms with Crippen molar-refractivity contribution in [3.8, 4) is 0 Å². The molecule has 1 aliphatic carbocycles. The van der Waals surface area contributed by atoms with Crippen LogP contribution in [0, 0.1) is 0 Å². The highest BCUT2D eigenvalue weighted by molar-refractivity contribution is 5.01. The number of aromatic nitrogens is 2. The van der Waals surface area contributed by atoms with Crippen molar-refractivity contribution in [2.24, 2.45) is 0 Å². The number of nitrogens with one attached hydrogen (secondary N) is 1. The molecule has 82 valence electrons. The number of hydrogen-bond donors (Lipinski definition) is 1. The van der Waals surface area contributed by atoms with E-state index in [1.165, 1.54) is 12.8 Å². The molecule has 0 atom stereocenters. The Morgan fingerprint density at radius 2 is 2.33 bits per heavy atom. The Kier molecular flexibility index (Phi) is 3.16. The van der Waals surface area contributed by atoms with Gasteiger partial charge in [-0.15, -0.1) is 0 Å². The molecule has 1 saturated carbocycles. The molecule has 0 aromatic carbocycles. The van der Waals surface area contributed by atoms with E-state index >= 15 is 0 Å². The van der Waals surface area contributed by atoms with Gasteiger partial charge < -0.3 is 5.32 Å². The van der Waals surface area contributed by atoms with Gasteiger partial charge in [0, 0.05) is 25.2 Å². The second kappa shape index (κ2) is 4.57. The summed E-state index contributed by atoms with van der Waals surface area (Å²) in [5, 5.41) is 7.69. The number of nitrogens with zero attached hydrogens (tertiary/aromatic N) is 2. The van der Waals surface area contributed by atoms with Gasteiger partial charge in [-0.2, -0.15) is 5.10 Å². The molecule has 1 N–H and O–H groups in total. The first-order valence-corrected chi connectivity index (χ1v) is 5.60. The van der Waals surface area contributed by atoms with Gasteiger partial charge >= 0.3 is 0 Å². The standard InChI is InChI=1S/C11H17N3O/c1-2-7-14-11(15)6-5-10(13-14)8-12-9-3-4-9/h5-6,9,12H,2-4,7-8H2,1H3. The zero-order chi connectivity index (χ0) is 10.7. The molecular formula is C11H17N3O. The lowest BCUT2D eigenvalue weighted by molar-refractivity contribution is 0.543. The minimum absolute atomic E-state index is 0.00739. The fourth-order valence-electron chi connectivity index (χ4n) is 1.49. The van der Waals surface area contributed by atoms with E-state index in [9.17, 15) is 4.79 Å². The molecule has 0 radical (unpaired) electrons. The Bertz CT molecular complexity index is 382. The number of hydrogen-bond acceptors (Lipinski definition) is 3. The Balaban J connectivity index is 2.03. The fraction of sp³-hybridized carbons (Fsp3) is 0.636. The Morgan fingerprint density at radius 3 is 3.00 bits per heavy atom. The summed E-state index contributed by atoms with van der Waals surface area (Å²) in [5.74, 6) is 0. The lowest BCUT2D eigenvalue weighted by Gasteiger charge is -2.06. The highest BCUT2D eigenvalue weighted by atomic mass is 16.1. The van der Waals surface area contributed by atoms with Crippen molar-refractivity contribution in [1.82, 2.24) is 15.1 Å². The maximum atomic E-state index is 11.4. The molecule has 0 bridgehead atoms. The molecule has 1 fully saturated rings. The van der Waals surface area contributed by atoms with Crippen LogP contribution in [0.4, 0.5) is 0 Å². The highest BCUT2D eigenvalue weighted by Gasteiger charge is 2.20. The van der Waals surface area contributed by atoms with Crippen molar-refractivity contribution < 1.29 is 0 Å². The van der Waals surface area contributed by atoms with E-state index in [1.54, 1.807) is 10.7 Å². The average molecular weight is 207 g/mol. The molecule has 0 saturated heterocycles. The lowest BCUT2D eigenvalue weighted by atomic mass is 10.3. The van der Waals surface area contributed by atoms with Crippen molar-refractivity contribution in [3.05, 3.63) is 28.2 Å². The molecule has 1 heterocycles. The van der Waals surface area contributed by atoms with Crippen molar-refractivity contribution in [3.63, 3.8) is 0 Å². The van der Waals surface area contributed by atoms with E-state index in [0.717, 1.165) is 18.7 Å². The van der Waals surface area contributed by atoms with Crippen LogP contribution in [0.2, 0.25) is 0 Å². The predicted molar refractivity (Wildman–Crippen MR) is 58.6 cm³/mol. The third kappa shape index (κ3) is 2.89. The molecule has 4 nitrogen and oxygen atoms in total. The minimum Gasteiger partial charge on any atom is -0.308 e. The van der Waals surface area contributed by atoms with Gasteiger partial charge in [0.1, 0.15) is 0 Å². The van der Waals surface area contributed by atoms with Crippen LogP contribution >= 0.6 is 0 Å². The minimum atomic E-state index is -0.00739. The fourth-order valence-corrected chi connectivity index (χ4v) is 1.49. The van der Waals surface area contributed by atoms with E-state index in [4.69, 9.17) is 0 Å². The summed E-state index contributed by atoms with van der Waals surface area (Å²) in [6.45, 7) is 3.52. The number of rotatable bonds is 5. The van der Waals surface area contributed by atoms with E-state index < -0.39 is 0 Å². The van der Waals surface area contributed by atoms with Crippen molar-refractivity contribution in [2.45, 2.75) is 45.3 Å². The Hall–Kier alpha value is -1.16. The Morgan fingerprint density at radius 1 is 1.53 bits per heavy atom. The second-order valence-corrected chi connectivity index (χ2v) is 4.04. The first-order chi connectivity index (χ1) is 7.29. The maximum Gasteiger partial charge on any atom is 0.266 e. The summed E-state index contributed by atoms with van der Waals surface area (Å²) in [6, 6.07) is 4.09. The SMILES string of the molecule is CCCn1nc(CNC2CC2)ccc1=O. The highest BCUT2D eigenvalue weighted by Crippen LogP contribution is 2.18. The van der Waals surface area contributed by atoms with Gasteiger partial charge in [-0.05, 0) is 25.3 Å². The van der Waals surface area contributed by atoms with Gasteiger partial charge in [0.15, 0.2) is 0 Å². The van der Waals surface area contributed by atoms with Crippen LogP contribution in [0.1, 0.15) is 31.9 Å². The first-order valence-electron chi connectivity index (χ1n) is 5.60. The van der Waals surface area contributed by atoms with Gasteiger partial charge in [-0.3, -0.25) is 4.79 Å². The van der Waals surface area contributed by atoms with E-state index in [1.807, 2.05) is 13.0 Å². The summed E-state index contributed by atoms with van der Waals surface area (Å²) in [7, 11) is 0. The molecule has 2 rings (SSSR count). The van der Waals surface area contributed by atoms with Gasteiger partial charge in [0.25, 0.3) is 5.56 Å². The van der Waals surface area contributed by atoms with Crippen LogP contribution in [0.5, 0.6) is 0 Å². The van der Waals surface area contributed by atoms with Crippen LogP contribution in [-0.2, 0) is 13.1 Å².